The van der Waals surface area contributed by atoms with Gasteiger partial charge in [0.2, 0.25) is 0 Å². The molecule has 4 rings (SSSR count). The van der Waals surface area contributed by atoms with E-state index in [4.69, 9.17) is 0 Å². The number of para-hydroxylation sites is 1. The van der Waals surface area contributed by atoms with Crippen molar-refractivity contribution >= 4 is 28.4 Å². The van der Waals surface area contributed by atoms with Gasteiger partial charge in [-0.3, -0.25) is 9.59 Å². The first-order valence-corrected chi connectivity index (χ1v) is 10.9. The Bertz CT molecular complexity index is 1150. The highest BCUT2D eigenvalue weighted by Gasteiger charge is 2.45. The minimum atomic E-state index is -0.628. The van der Waals surface area contributed by atoms with E-state index in [1.165, 1.54) is 5.56 Å². The van der Waals surface area contributed by atoms with E-state index < -0.39 is 17.7 Å². The van der Waals surface area contributed by atoms with Crippen molar-refractivity contribution in [1.29, 1.82) is 0 Å². The zero-order chi connectivity index (χ0) is 22.1. The molecule has 1 saturated heterocycles. The number of rotatable bonds is 6. The molecule has 2 aromatic carbocycles. The number of carbonyl (C=O) groups excluding carboxylic acids is 2. The maximum atomic E-state index is 13.1. The number of nitrogens with zero attached hydrogens (tertiary/aromatic N) is 1. The average Bonchev–Trinajstić information content (AvgIpc) is 3.31. The number of benzene rings is 2. The lowest BCUT2D eigenvalue weighted by molar-refractivity contribution is -0.139. The number of nitrogens with one attached hydrogen (secondary N) is 1. The Hall–Kier alpha value is -3.34. The van der Waals surface area contributed by atoms with Crippen LogP contribution < -0.4 is 0 Å². The van der Waals surface area contributed by atoms with Gasteiger partial charge >= 0.3 is 0 Å². The average molecular weight is 417 g/mol. The van der Waals surface area contributed by atoms with E-state index >= 15 is 0 Å². The van der Waals surface area contributed by atoms with Crippen molar-refractivity contribution < 1.29 is 14.7 Å². The lowest BCUT2D eigenvalue weighted by Crippen LogP contribution is -2.30. The van der Waals surface area contributed by atoms with Gasteiger partial charge in [0.25, 0.3) is 11.7 Å². The molecule has 0 radical (unpaired) electrons. The highest BCUT2D eigenvalue weighted by atomic mass is 16.3. The summed E-state index contributed by atoms with van der Waals surface area (Å²) in [6.07, 6.45) is 3.39. The van der Waals surface area contributed by atoms with Gasteiger partial charge in [-0.15, -0.1) is 0 Å². The summed E-state index contributed by atoms with van der Waals surface area (Å²) in [5.41, 5.74) is 3.57. The summed E-state index contributed by atoms with van der Waals surface area (Å²) in [4.78, 5) is 30.8. The Morgan fingerprint density at radius 2 is 1.81 bits per heavy atom. The summed E-state index contributed by atoms with van der Waals surface area (Å²) in [5.74, 6) is -0.927. The number of hydrogen-bond donors (Lipinski definition) is 2. The van der Waals surface area contributed by atoms with Crippen molar-refractivity contribution in [1.82, 2.24) is 9.88 Å². The molecular weight excluding hydrogens is 388 g/mol. The van der Waals surface area contributed by atoms with E-state index in [1.807, 2.05) is 48.5 Å². The molecule has 0 aliphatic carbocycles. The predicted molar refractivity (Wildman–Crippen MR) is 123 cm³/mol. The standard InChI is InChI=1S/C26H28N2O3/c1-4-5-14-28-23(18-12-10-17(11-13-18)16(2)3)22(25(30)26(28)31)24(29)20-15-27-21-9-7-6-8-19(20)21/h6-13,15-16,23,27,29H,4-5,14H2,1-3H3/b24-22-. The number of likely N-dealkylation sites (tertiary alicyclic amines) is 1. The fraction of sp³-hybridized carbons (Fsp3) is 0.308. The molecule has 5 nitrogen and oxygen atoms in total. The van der Waals surface area contributed by atoms with Gasteiger partial charge in [0.15, 0.2) is 0 Å². The third-order valence-electron chi connectivity index (χ3n) is 6.06. The summed E-state index contributed by atoms with van der Waals surface area (Å²) in [6.45, 7) is 6.77. The van der Waals surface area contributed by atoms with Gasteiger partial charge in [-0.1, -0.05) is 69.7 Å². The van der Waals surface area contributed by atoms with Crippen molar-refractivity contribution in [2.24, 2.45) is 0 Å². The second kappa shape index (κ2) is 8.42. The maximum absolute atomic E-state index is 13.1. The van der Waals surface area contributed by atoms with E-state index in [0.717, 1.165) is 29.3 Å². The molecule has 3 aromatic rings. The van der Waals surface area contributed by atoms with Crippen molar-refractivity contribution in [3.63, 3.8) is 0 Å². The van der Waals surface area contributed by atoms with E-state index in [2.05, 4.69) is 25.8 Å². The van der Waals surface area contributed by atoms with Crippen LogP contribution in [0.3, 0.4) is 0 Å². The number of aromatic amines is 1. The first-order chi connectivity index (χ1) is 14.9. The molecule has 1 aromatic heterocycles. The Kier molecular flexibility index (Phi) is 5.68. The Morgan fingerprint density at radius 3 is 2.48 bits per heavy atom. The first kappa shape index (κ1) is 20.9. The second-order valence-electron chi connectivity index (χ2n) is 8.42. The van der Waals surface area contributed by atoms with Gasteiger partial charge in [-0.2, -0.15) is 0 Å². The van der Waals surface area contributed by atoms with Gasteiger partial charge in [0.05, 0.1) is 11.6 Å². The fourth-order valence-electron chi connectivity index (χ4n) is 4.26. The number of H-pyrrole nitrogens is 1. The van der Waals surface area contributed by atoms with Gasteiger partial charge in [-0.25, -0.2) is 0 Å². The van der Waals surface area contributed by atoms with E-state index in [-0.39, 0.29) is 11.3 Å². The summed E-state index contributed by atoms with van der Waals surface area (Å²) in [6, 6.07) is 15.0. The molecular formula is C26H28N2O3. The van der Waals surface area contributed by atoms with E-state index in [1.54, 1.807) is 11.1 Å². The lowest BCUT2D eigenvalue weighted by Gasteiger charge is -2.25. The SMILES string of the molecule is CCCCN1C(=O)C(=O)/C(=C(\O)c2c[nH]c3ccccc23)C1c1ccc(C(C)C)cc1. The zero-order valence-corrected chi connectivity index (χ0v) is 18.2. The molecule has 1 aliphatic rings. The Labute approximate surface area is 182 Å². The third-order valence-corrected chi connectivity index (χ3v) is 6.06. The number of unbranched alkanes of at least 4 members (excludes halogenated alkanes) is 1. The number of ketones is 1. The molecule has 0 spiro atoms. The summed E-state index contributed by atoms with van der Waals surface area (Å²) in [5, 5.41) is 12.1. The largest absolute Gasteiger partial charge is 0.507 e. The summed E-state index contributed by atoms with van der Waals surface area (Å²) in [7, 11) is 0. The molecule has 31 heavy (non-hydrogen) atoms. The monoisotopic (exact) mass is 416 g/mol. The van der Waals surface area contributed by atoms with Crippen LogP contribution in [0.25, 0.3) is 16.7 Å². The molecule has 1 aliphatic heterocycles. The van der Waals surface area contributed by atoms with Gasteiger partial charge in [-0.05, 0) is 29.5 Å². The minimum absolute atomic E-state index is 0.132. The number of aromatic nitrogens is 1. The number of fused-ring (bicyclic) bond motifs is 1. The van der Waals surface area contributed by atoms with Crippen LogP contribution in [0.5, 0.6) is 0 Å². The van der Waals surface area contributed by atoms with Crippen LogP contribution in [0.2, 0.25) is 0 Å². The van der Waals surface area contributed by atoms with Gasteiger partial charge in [0, 0.05) is 29.2 Å². The van der Waals surface area contributed by atoms with Crippen LogP contribution in [0.4, 0.5) is 0 Å². The molecule has 0 saturated carbocycles. The van der Waals surface area contributed by atoms with E-state index in [9.17, 15) is 14.7 Å². The zero-order valence-electron chi connectivity index (χ0n) is 18.2. The molecule has 160 valence electrons. The quantitative estimate of drug-likeness (QED) is 0.316. The molecule has 2 N–H and O–H groups in total. The predicted octanol–water partition coefficient (Wildman–Crippen LogP) is 5.51. The summed E-state index contributed by atoms with van der Waals surface area (Å²) < 4.78 is 0. The smallest absolute Gasteiger partial charge is 0.295 e. The molecule has 2 heterocycles. The summed E-state index contributed by atoms with van der Waals surface area (Å²) >= 11 is 0. The van der Waals surface area contributed by atoms with Gasteiger partial charge in [0.1, 0.15) is 5.76 Å². The number of Topliss-reactive ketones (excluding diaryl/α,β-unsaturated/α-hetero) is 1. The molecule has 0 bridgehead atoms. The van der Waals surface area contributed by atoms with Crippen LogP contribution in [-0.2, 0) is 9.59 Å². The second-order valence-corrected chi connectivity index (χ2v) is 8.42. The van der Waals surface area contributed by atoms with Crippen molar-refractivity contribution in [3.05, 3.63) is 77.0 Å². The maximum Gasteiger partial charge on any atom is 0.295 e. The van der Waals surface area contributed by atoms with Crippen LogP contribution in [0, 0.1) is 0 Å². The van der Waals surface area contributed by atoms with Gasteiger partial charge < -0.3 is 15.0 Å². The third kappa shape index (κ3) is 3.65. The number of aliphatic hydroxyl groups excluding tert-OH is 1. The molecule has 1 fully saturated rings. The van der Waals surface area contributed by atoms with E-state index in [0.29, 0.717) is 18.0 Å². The minimum Gasteiger partial charge on any atom is -0.507 e. The number of carbonyl (C=O) groups is 2. The fourth-order valence-corrected chi connectivity index (χ4v) is 4.26. The Morgan fingerprint density at radius 1 is 1.10 bits per heavy atom. The van der Waals surface area contributed by atoms with Crippen LogP contribution in [0.15, 0.2) is 60.3 Å². The lowest BCUT2D eigenvalue weighted by atomic mass is 9.93. The topological polar surface area (TPSA) is 73.4 Å². The molecule has 1 unspecified atom stereocenters. The van der Waals surface area contributed by atoms with Crippen molar-refractivity contribution in [3.8, 4) is 0 Å². The number of amides is 1. The van der Waals surface area contributed by atoms with Crippen molar-refractivity contribution in [2.75, 3.05) is 6.54 Å². The van der Waals surface area contributed by atoms with Crippen molar-refractivity contribution in [2.45, 2.75) is 45.6 Å². The first-order valence-electron chi connectivity index (χ1n) is 10.9. The molecule has 1 atom stereocenters. The highest BCUT2D eigenvalue weighted by molar-refractivity contribution is 6.46. The van der Waals surface area contributed by atoms with Crippen LogP contribution in [-0.4, -0.2) is 33.2 Å². The number of hydrogen-bond acceptors (Lipinski definition) is 3. The van der Waals surface area contributed by atoms with Crippen LogP contribution in [0.1, 0.15) is 62.3 Å². The number of aliphatic hydroxyl groups is 1. The molecule has 5 heteroatoms. The molecule has 1 amide bonds. The Balaban J connectivity index is 1.88. The normalized spacial score (nSPS) is 18.5. The highest BCUT2D eigenvalue weighted by Crippen LogP contribution is 2.40. The van der Waals surface area contributed by atoms with Crippen LogP contribution >= 0.6 is 0 Å².